The highest BCUT2D eigenvalue weighted by atomic mass is 16.6. The maximum Gasteiger partial charge on any atom is 0.306 e. The van der Waals surface area contributed by atoms with Crippen LogP contribution in [0.25, 0.3) is 0 Å². The van der Waals surface area contributed by atoms with Crippen LogP contribution in [-0.4, -0.2) is 37.2 Å². The van der Waals surface area contributed by atoms with Gasteiger partial charge in [0.2, 0.25) is 0 Å². The highest BCUT2D eigenvalue weighted by Crippen LogP contribution is 2.10. The Morgan fingerprint density at radius 3 is 0.913 bits per heavy atom. The first-order valence-corrected chi connectivity index (χ1v) is 26.6. The second-order valence-corrected chi connectivity index (χ2v) is 16.6. The molecule has 382 valence electrons. The lowest BCUT2D eigenvalue weighted by Crippen LogP contribution is -2.30. The number of unbranched alkanes of at least 4 members (excludes halogenated alkanes) is 6. The standard InChI is InChI=1S/C63H94O6/c1-4-7-10-13-16-19-22-25-27-28-29-30-31-32-33-34-36-38-41-44-47-50-53-56-62(65)68-59-60(58-67-61(64)55-52-49-46-43-40-37-24-21-18-15-12-9-6-3)69-63(66)57-54-51-48-45-42-39-35-26-23-20-17-14-11-8-5-2/h7-12,16-21,25-27,29-30,32-33,35-38,40,42,45-46,49,60H,4-6,13-15,22-24,28,31,34,39,41,43-44,47-48,50-59H2,1-3H3/b10-7-,11-8-,12-9-,19-16-,20-17-,21-18-,27-25-,30-29-,33-32-,35-26-,38-36-,40-37-,45-42-,49-46-. The second kappa shape index (κ2) is 55.4. The van der Waals surface area contributed by atoms with Crippen LogP contribution in [0.1, 0.15) is 188 Å². The number of ether oxygens (including phenoxy) is 3. The van der Waals surface area contributed by atoms with E-state index in [1.807, 2.05) is 12.2 Å². The van der Waals surface area contributed by atoms with E-state index in [4.69, 9.17) is 14.2 Å². The molecule has 0 aliphatic heterocycles. The predicted molar refractivity (Wildman–Crippen MR) is 297 cm³/mol. The van der Waals surface area contributed by atoms with E-state index >= 15 is 0 Å². The van der Waals surface area contributed by atoms with E-state index in [0.717, 1.165) is 135 Å². The molecular weight excluding hydrogens is 853 g/mol. The highest BCUT2D eigenvalue weighted by molar-refractivity contribution is 5.71. The molecule has 0 aromatic rings. The average molecular weight is 947 g/mol. The number of hydrogen-bond donors (Lipinski definition) is 0. The first kappa shape index (κ1) is 63.8. The van der Waals surface area contributed by atoms with Crippen molar-refractivity contribution in [3.05, 3.63) is 170 Å². The molecule has 0 rings (SSSR count). The number of carbonyl (C=O) groups is 3. The van der Waals surface area contributed by atoms with Crippen LogP contribution in [0, 0.1) is 0 Å². The quantitative estimate of drug-likeness (QED) is 0.0262. The topological polar surface area (TPSA) is 78.9 Å². The van der Waals surface area contributed by atoms with E-state index in [9.17, 15) is 14.4 Å². The van der Waals surface area contributed by atoms with Crippen molar-refractivity contribution in [2.24, 2.45) is 0 Å². The van der Waals surface area contributed by atoms with Crippen LogP contribution in [0.5, 0.6) is 0 Å². The molecule has 0 heterocycles. The number of hydrogen-bond acceptors (Lipinski definition) is 6. The molecule has 1 unspecified atom stereocenters. The van der Waals surface area contributed by atoms with Crippen molar-refractivity contribution in [3.8, 4) is 0 Å². The average Bonchev–Trinajstić information content (AvgIpc) is 3.35. The lowest BCUT2D eigenvalue weighted by atomic mass is 10.1. The molecule has 0 aliphatic carbocycles. The van der Waals surface area contributed by atoms with Crippen LogP contribution in [0.2, 0.25) is 0 Å². The molecular formula is C63H94O6. The van der Waals surface area contributed by atoms with Gasteiger partial charge in [0, 0.05) is 19.3 Å². The second-order valence-electron chi connectivity index (χ2n) is 16.6. The predicted octanol–water partition coefficient (Wildman–Crippen LogP) is 18.0. The summed E-state index contributed by atoms with van der Waals surface area (Å²) in [6, 6.07) is 0. The molecule has 0 N–H and O–H groups in total. The van der Waals surface area contributed by atoms with Gasteiger partial charge in [-0.15, -0.1) is 0 Å². The summed E-state index contributed by atoms with van der Waals surface area (Å²) < 4.78 is 16.7. The number of carbonyl (C=O) groups excluding carboxylic acids is 3. The van der Waals surface area contributed by atoms with Crippen LogP contribution in [0.3, 0.4) is 0 Å². The normalized spacial score (nSPS) is 13.5. The van der Waals surface area contributed by atoms with Crippen molar-refractivity contribution in [1.82, 2.24) is 0 Å². The third-order valence-corrected chi connectivity index (χ3v) is 10.2. The van der Waals surface area contributed by atoms with Crippen molar-refractivity contribution in [2.45, 2.75) is 194 Å². The van der Waals surface area contributed by atoms with E-state index < -0.39 is 6.10 Å². The van der Waals surface area contributed by atoms with Crippen molar-refractivity contribution in [1.29, 1.82) is 0 Å². The smallest absolute Gasteiger partial charge is 0.306 e. The number of rotatable bonds is 45. The van der Waals surface area contributed by atoms with Gasteiger partial charge >= 0.3 is 17.9 Å². The fourth-order valence-electron chi connectivity index (χ4n) is 6.33. The van der Waals surface area contributed by atoms with Crippen LogP contribution in [0.4, 0.5) is 0 Å². The van der Waals surface area contributed by atoms with Gasteiger partial charge in [-0.2, -0.15) is 0 Å². The molecule has 0 saturated heterocycles. The minimum Gasteiger partial charge on any atom is -0.462 e. The lowest BCUT2D eigenvalue weighted by molar-refractivity contribution is -0.166. The third-order valence-electron chi connectivity index (χ3n) is 10.2. The van der Waals surface area contributed by atoms with Gasteiger partial charge in [-0.3, -0.25) is 14.4 Å². The molecule has 0 spiro atoms. The van der Waals surface area contributed by atoms with E-state index in [0.29, 0.717) is 19.3 Å². The van der Waals surface area contributed by atoms with E-state index in [1.54, 1.807) is 0 Å². The maximum absolute atomic E-state index is 12.8. The largest absolute Gasteiger partial charge is 0.462 e. The van der Waals surface area contributed by atoms with Gasteiger partial charge < -0.3 is 14.2 Å². The summed E-state index contributed by atoms with van der Waals surface area (Å²) in [6.07, 6.45) is 82.1. The Labute approximate surface area is 422 Å². The van der Waals surface area contributed by atoms with Crippen LogP contribution in [0.15, 0.2) is 170 Å². The summed E-state index contributed by atoms with van der Waals surface area (Å²) in [7, 11) is 0. The Balaban J connectivity index is 4.57. The SMILES string of the molecule is CC/C=C\C/C=C\C/C=C\C/C=C\C/C=C\C/C=C\CCCCCCC(=O)OCC(COC(=O)CC/C=C\C/C=C\C/C=C\C/C=C\CC)OC(=O)CCCC/C=C\C/C=C\C/C=C\C/C=C\CC. The fraction of sp³-hybridized carbons (Fsp3) is 0.508. The molecule has 0 radical (unpaired) electrons. The fourth-order valence-corrected chi connectivity index (χ4v) is 6.33. The van der Waals surface area contributed by atoms with Crippen LogP contribution in [-0.2, 0) is 28.6 Å². The van der Waals surface area contributed by atoms with Gasteiger partial charge in [0.05, 0.1) is 0 Å². The molecule has 6 heteroatoms. The third kappa shape index (κ3) is 53.6. The van der Waals surface area contributed by atoms with Gasteiger partial charge in [-0.05, 0) is 135 Å². The number of allylic oxidation sites excluding steroid dienone is 28. The molecule has 0 aromatic carbocycles. The van der Waals surface area contributed by atoms with E-state index in [1.165, 1.54) is 0 Å². The maximum atomic E-state index is 12.8. The molecule has 69 heavy (non-hydrogen) atoms. The molecule has 0 bridgehead atoms. The first-order chi connectivity index (χ1) is 34.0. The monoisotopic (exact) mass is 947 g/mol. The minimum atomic E-state index is -0.849. The van der Waals surface area contributed by atoms with E-state index in [2.05, 4.69) is 179 Å². The van der Waals surface area contributed by atoms with Crippen LogP contribution < -0.4 is 0 Å². The summed E-state index contributed by atoms with van der Waals surface area (Å²) >= 11 is 0. The lowest BCUT2D eigenvalue weighted by Gasteiger charge is -2.18. The summed E-state index contributed by atoms with van der Waals surface area (Å²) in [6.45, 7) is 6.14. The zero-order valence-electron chi connectivity index (χ0n) is 43.5. The summed E-state index contributed by atoms with van der Waals surface area (Å²) in [5, 5.41) is 0. The Morgan fingerprint density at radius 1 is 0.290 bits per heavy atom. The zero-order chi connectivity index (χ0) is 50.0. The molecule has 0 saturated carbocycles. The molecule has 0 fully saturated rings. The Hall–Kier alpha value is -5.23. The Kier molecular flexibility index (Phi) is 51.2. The van der Waals surface area contributed by atoms with Crippen molar-refractivity contribution in [3.63, 3.8) is 0 Å². The van der Waals surface area contributed by atoms with Crippen molar-refractivity contribution < 1.29 is 28.6 Å². The minimum absolute atomic E-state index is 0.140. The van der Waals surface area contributed by atoms with Gasteiger partial charge in [0.25, 0.3) is 0 Å². The van der Waals surface area contributed by atoms with Crippen LogP contribution >= 0.6 is 0 Å². The molecule has 0 aromatic heterocycles. The van der Waals surface area contributed by atoms with Crippen molar-refractivity contribution >= 4 is 17.9 Å². The van der Waals surface area contributed by atoms with Gasteiger partial charge in [-0.1, -0.05) is 204 Å². The highest BCUT2D eigenvalue weighted by Gasteiger charge is 2.19. The summed E-state index contributed by atoms with van der Waals surface area (Å²) in [4.78, 5) is 38.0. The Bertz CT molecular complexity index is 1650. The zero-order valence-corrected chi connectivity index (χ0v) is 43.5. The molecule has 0 amide bonds. The van der Waals surface area contributed by atoms with Gasteiger partial charge in [-0.25, -0.2) is 0 Å². The summed E-state index contributed by atoms with van der Waals surface area (Å²) in [5.41, 5.74) is 0. The van der Waals surface area contributed by atoms with Gasteiger partial charge in [0.1, 0.15) is 13.2 Å². The van der Waals surface area contributed by atoms with Crippen molar-refractivity contribution in [2.75, 3.05) is 13.2 Å². The van der Waals surface area contributed by atoms with Gasteiger partial charge in [0.15, 0.2) is 6.10 Å². The Morgan fingerprint density at radius 2 is 0.551 bits per heavy atom. The molecule has 6 nitrogen and oxygen atoms in total. The summed E-state index contributed by atoms with van der Waals surface area (Å²) in [5.74, 6) is -1.10. The number of esters is 3. The molecule has 1 atom stereocenters. The molecule has 0 aliphatic rings. The first-order valence-electron chi connectivity index (χ1n) is 26.6. The van der Waals surface area contributed by atoms with E-state index in [-0.39, 0.29) is 44.0 Å².